The lowest BCUT2D eigenvalue weighted by molar-refractivity contribution is -0.117. The Labute approximate surface area is 139 Å². The highest BCUT2D eigenvalue weighted by atomic mass is 19.1. The van der Waals surface area contributed by atoms with Gasteiger partial charge in [0.2, 0.25) is 11.8 Å². The van der Waals surface area contributed by atoms with Crippen molar-refractivity contribution in [3.63, 3.8) is 0 Å². The molecule has 122 valence electrons. The van der Waals surface area contributed by atoms with Gasteiger partial charge in [0.1, 0.15) is 5.82 Å². The standard InChI is InChI=1S/C19H17FN2O2/c20-15-7-4-8-17(11-15)22-13-16(12-19(22)24)21-18(23)10-9-14-5-2-1-3-6-14/h1-11,16H,12-13H2,(H,21,23)/b10-9-/t16-/m0/s1. The van der Waals surface area contributed by atoms with E-state index >= 15 is 0 Å². The summed E-state index contributed by atoms with van der Waals surface area (Å²) in [4.78, 5) is 25.6. The molecule has 24 heavy (non-hydrogen) atoms. The lowest BCUT2D eigenvalue weighted by Gasteiger charge is -2.17. The lowest BCUT2D eigenvalue weighted by atomic mass is 10.2. The van der Waals surface area contributed by atoms with Crippen LogP contribution in [0.3, 0.4) is 0 Å². The number of carbonyl (C=O) groups is 2. The summed E-state index contributed by atoms with van der Waals surface area (Å²) in [6.07, 6.45) is 3.38. The number of amides is 2. The Morgan fingerprint density at radius 2 is 1.96 bits per heavy atom. The Morgan fingerprint density at radius 3 is 2.71 bits per heavy atom. The second-order valence-electron chi connectivity index (χ2n) is 5.64. The third kappa shape index (κ3) is 3.87. The first-order chi connectivity index (χ1) is 11.6. The van der Waals surface area contributed by atoms with Gasteiger partial charge in [-0.15, -0.1) is 0 Å². The predicted molar refractivity (Wildman–Crippen MR) is 90.8 cm³/mol. The number of benzene rings is 2. The van der Waals surface area contributed by atoms with E-state index in [4.69, 9.17) is 0 Å². The van der Waals surface area contributed by atoms with Gasteiger partial charge in [-0.1, -0.05) is 36.4 Å². The molecule has 1 aliphatic heterocycles. The van der Waals surface area contributed by atoms with Gasteiger partial charge < -0.3 is 10.2 Å². The van der Waals surface area contributed by atoms with Gasteiger partial charge in [0.05, 0.1) is 6.04 Å². The monoisotopic (exact) mass is 324 g/mol. The average Bonchev–Trinajstić information content (AvgIpc) is 2.94. The van der Waals surface area contributed by atoms with Crippen LogP contribution in [0.5, 0.6) is 0 Å². The third-order valence-corrected chi connectivity index (χ3v) is 3.82. The second-order valence-corrected chi connectivity index (χ2v) is 5.64. The van der Waals surface area contributed by atoms with Crippen LogP contribution in [0, 0.1) is 5.82 Å². The summed E-state index contributed by atoms with van der Waals surface area (Å²) in [5, 5.41) is 2.81. The van der Waals surface area contributed by atoms with Gasteiger partial charge in [-0.2, -0.15) is 0 Å². The first kappa shape index (κ1) is 15.9. The molecule has 0 radical (unpaired) electrons. The van der Waals surface area contributed by atoms with Gasteiger partial charge in [0, 0.05) is 24.7 Å². The van der Waals surface area contributed by atoms with Gasteiger partial charge in [0.25, 0.3) is 0 Å². The fraction of sp³-hybridized carbons (Fsp3) is 0.158. The summed E-state index contributed by atoms with van der Waals surface area (Å²) in [7, 11) is 0. The van der Waals surface area contributed by atoms with Crippen molar-refractivity contribution >= 4 is 23.6 Å². The molecule has 0 unspecified atom stereocenters. The maximum absolute atomic E-state index is 13.3. The molecule has 0 aromatic heterocycles. The number of anilines is 1. The molecular formula is C19H17FN2O2. The molecule has 0 aliphatic carbocycles. The van der Waals surface area contributed by atoms with E-state index < -0.39 is 5.82 Å². The van der Waals surface area contributed by atoms with Crippen LogP contribution in [-0.4, -0.2) is 24.4 Å². The van der Waals surface area contributed by atoms with E-state index in [9.17, 15) is 14.0 Å². The van der Waals surface area contributed by atoms with Crippen molar-refractivity contribution in [2.24, 2.45) is 0 Å². The maximum Gasteiger partial charge on any atom is 0.244 e. The molecule has 2 aromatic rings. The zero-order valence-electron chi connectivity index (χ0n) is 13.0. The molecule has 5 heteroatoms. The molecule has 1 N–H and O–H groups in total. The van der Waals surface area contributed by atoms with Crippen molar-refractivity contribution < 1.29 is 14.0 Å². The van der Waals surface area contributed by atoms with Crippen molar-refractivity contribution in [1.29, 1.82) is 0 Å². The third-order valence-electron chi connectivity index (χ3n) is 3.82. The molecule has 2 amide bonds. The topological polar surface area (TPSA) is 49.4 Å². The van der Waals surface area contributed by atoms with Crippen LogP contribution in [0.25, 0.3) is 6.08 Å². The Hall–Kier alpha value is -2.95. The quantitative estimate of drug-likeness (QED) is 0.879. The highest BCUT2D eigenvalue weighted by Crippen LogP contribution is 2.22. The van der Waals surface area contributed by atoms with Crippen molar-refractivity contribution in [2.45, 2.75) is 12.5 Å². The average molecular weight is 324 g/mol. The van der Waals surface area contributed by atoms with Crippen LogP contribution in [0.1, 0.15) is 12.0 Å². The number of nitrogens with zero attached hydrogens (tertiary/aromatic N) is 1. The van der Waals surface area contributed by atoms with E-state index in [1.165, 1.54) is 23.1 Å². The zero-order chi connectivity index (χ0) is 16.9. The summed E-state index contributed by atoms with van der Waals surface area (Å²) in [6, 6.07) is 15.1. The number of halogens is 1. The Morgan fingerprint density at radius 1 is 1.17 bits per heavy atom. The fourth-order valence-electron chi connectivity index (χ4n) is 2.68. The van der Waals surface area contributed by atoms with E-state index in [0.717, 1.165) is 5.56 Å². The van der Waals surface area contributed by atoms with Gasteiger partial charge in [-0.25, -0.2) is 4.39 Å². The fourth-order valence-corrected chi connectivity index (χ4v) is 2.68. The summed E-state index contributed by atoms with van der Waals surface area (Å²) < 4.78 is 13.3. The SMILES string of the molecule is O=C(/C=C\c1ccccc1)N[C@H]1CC(=O)N(c2cccc(F)c2)C1. The van der Waals surface area contributed by atoms with Crippen molar-refractivity contribution in [2.75, 3.05) is 11.4 Å². The molecule has 3 rings (SSSR count). The van der Waals surface area contributed by atoms with Gasteiger partial charge >= 0.3 is 0 Å². The minimum Gasteiger partial charge on any atom is -0.347 e. The molecule has 1 aliphatic rings. The van der Waals surface area contributed by atoms with E-state index in [1.807, 2.05) is 30.3 Å². The Kier molecular flexibility index (Phi) is 4.70. The van der Waals surface area contributed by atoms with Crippen molar-refractivity contribution in [1.82, 2.24) is 5.32 Å². The lowest BCUT2D eigenvalue weighted by Crippen LogP contribution is -2.36. The number of hydrogen-bond acceptors (Lipinski definition) is 2. The molecule has 1 fully saturated rings. The molecule has 4 nitrogen and oxygen atoms in total. The molecule has 1 heterocycles. The first-order valence-corrected chi connectivity index (χ1v) is 7.71. The molecule has 0 spiro atoms. The molecule has 0 saturated carbocycles. The molecule has 1 saturated heterocycles. The maximum atomic E-state index is 13.3. The van der Waals surface area contributed by atoms with E-state index in [1.54, 1.807) is 18.2 Å². The van der Waals surface area contributed by atoms with Crippen LogP contribution >= 0.6 is 0 Å². The predicted octanol–water partition coefficient (Wildman–Crippen LogP) is 2.76. The largest absolute Gasteiger partial charge is 0.347 e. The van der Waals surface area contributed by atoms with E-state index in [2.05, 4.69) is 5.32 Å². The van der Waals surface area contributed by atoms with E-state index in [-0.39, 0.29) is 24.3 Å². The Balaban J connectivity index is 1.60. The second kappa shape index (κ2) is 7.08. The van der Waals surface area contributed by atoms with Crippen LogP contribution < -0.4 is 10.2 Å². The first-order valence-electron chi connectivity index (χ1n) is 7.71. The smallest absolute Gasteiger partial charge is 0.244 e. The number of nitrogens with one attached hydrogen (secondary N) is 1. The van der Waals surface area contributed by atoms with Crippen molar-refractivity contribution in [3.8, 4) is 0 Å². The normalized spacial score (nSPS) is 17.5. The molecule has 2 aromatic carbocycles. The number of rotatable bonds is 4. The minimum atomic E-state index is -0.390. The summed E-state index contributed by atoms with van der Waals surface area (Å²) >= 11 is 0. The van der Waals surface area contributed by atoms with Gasteiger partial charge in [0.15, 0.2) is 0 Å². The molecule has 0 bridgehead atoms. The van der Waals surface area contributed by atoms with Crippen LogP contribution in [0.2, 0.25) is 0 Å². The van der Waals surface area contributed by atoms with Crippen LogP contribution in [0.4, 0.5) is 10.1 Å². The highest BCUT2D eigenvalue weighted by molar-refractivity contribution is 5.98. The number of hydrogen-bond donors (Lipinski definition) is 1. The van der Waals surface area contributed by atoms with Crippen LogP contribution in [-0.2, 0) is 9.59 Å². The molecular weight excluding hydrogens is 307 g/mol. The van der Waals surface area contributed by atoms with Crippen molar-refractivity contribution in [3.05, 3.63) is 72.1 Å². The van der Waals surface area contributed by atoms with Gasteiger partial charge in [-0.05, 0) is 29.8 Å². The number of carbonyl (C=O) groups excluding carboxylic acids is 2. The van der Waals surface area contributed by atoms with E-state index in [0.29, 0.717) is 12.2 Å². The Bertz CT molecular complexity index is 774. The molecule has 1 atom stereocenters. The zero-order valence-corrected chi connectivity index (χ0v) is 13.0. The van der Waals surface area contributed by atoms with Crippen LogP contribution in [0.15, 0.2) is 60.7 Å². The summed E-state index contributed by atoms with van der Waals surface area (Å²) in [6.45, 7) is 0.340. The van der Waals surface area contributed by atoms with Gasteiger partial charge in [-0.3, -0.25) is 9.59 Å². The summed E-state index contributed by atoms with van der Waals surface area (Å²) in [5.41, 5.74) is 1.44. The highest BCUT2D eigenvalue weighted by Gasteiger charge is 2.31. The minimum absolute atomic E-state index is 0.127. The summed E-state index contributed by atoms with van der Waals surface area (Å²) in [5.74, 6) is -0.769.